The Hall–Kier alpha value is -1.06. The summed E-state index contributed by atoms with van der Waals surface area (Å²) in [5.74, 6) is 0.250. The van der Waals surface area contributed by atoms with Gasteiger partial charge in [-0.15, -0.1) is 0 Å². The highest BCUT2D eigenvalue weighted by Gasteiger charge is 2.13. The molecule has 4 heteroatoms. The number of nitrogens with zero attached hydrogens (tertiary/aromatic N) is 1. The summed E-state index contributed by atoms with van der Waals surface area (Å²) in [5, 5.41) is 8.90. The molecule has 0 saturated carbocycles. The van der Waals surface area contributed by atoms with E-state index in [9.17, 15) is 0 Å². The first-order valence-electron chi connectivity index (χ1n) is 4.56. The molecule has 0 radical (unpaired) electrons. The molecule has 1 aromatic heterocycles. The number of nitrogens with one attached hydrogen (secondary N) is 1. The summed E-state index contributed by atoms with van der Waals surface area (Å²) in [5.41, 5.74) is 7.53. The van der Waals surface area contributed by atoms with Gasteiger partial charge < -0.3 is 5.73 Å². The van der Waals surface area contributed by atoms with E-state index in [1.54, 1.807) is 0 Å². The lowest BCUT2D eigenvalue weighted by atomic mass is 10.0. The van der Waals surface area contributed by atoms with E-state index in [1.807, 2.05) is 18.2 Å². The summed E-state index contributed by atoms with van der Waals surface area (Å²) in [7, 11) is 0. The van der Waals surface area contributed by atoms with Gasteiger partial charge in [0, 0.05) is 23.5 Å². The lowest BCUT2D eigenvalue weighted by Gasteiger charge is -2.06. The van der Waals surface area contributed by atoms with Crippen molar-refractivity contribution >= 4 is 22.5 Å². The van der Waals surface area contributed by atoms with Crippen molar-refractivity contribution < 1.29 is 0 Å². The molecule has 2 aromatic rings. The number of aromatic nitrogens is 2. The summed E-state index contributed by atoms with van der Waals surface area (Å²) in [6.45, 7) is 2.64. The van der Waals surface area contributed by atoms with Crippen LogP contribution in [0.1, 0.15) is 18.5 Å². The van der Waals surface area contributed by atoms with Crippen LogP contribution in [0.2, 0.25) is 5.02 Å². The van der Waals surface area contributed by atoms with Gasteiger partial charge in [0.1, 0.15) is 0 Å². The minimum Gasteiger partial charge on any atom is -0.330 e. The van der Waals surface area contributed by atoms with Crippen LogP contribution in [0.4, 0.5) is 0 Å². The van der Waals surface area contributed by atoms with E-state index in [1.165, 1.54) is 0 Å². The van der Waals surface area contributed by atoms with E-state index in [-0.39, 0.29) is 5.92 Å². The molecule has 0 bridgehead atoms. The lowest BCUT2D eigenvalue weighted by molar-refractivity contribution is 0.744. The molecular weight excluding hydrogens is 198 g/mol. The third-order valence-corrected chi connectivity index (χ3v) is 2.72. The summed E-state index contributed by atoms with van der Waals surface area (Å²) < 4.78 is 0. The first-order chi connectivity index (χ1) is 6.74. The fraction of sp³-hybridized carbons (Fsp3) is 0.300. The van der Waals surface area contributed by atoms with Gasteiger partial charge in [0.2, 0.25) is 0 Å². The van der Waals surface area contributed by atoms with Gasteiger partial charge in [-0.25, -0.2) is 0 Å². The lowest BCUT2D eigenvalue weighted by Crippen LogP contribution is -2.09. The quantitative estimate of drug-likeness (QED) is 0.798. The second-order valence-electron chi connectivity index (χ2n) is 3.41. The summed E-state index contributed by atoms with van der Waals surface area (Å²) in [6.07, 6.45) is 0. The molecule has 2 rings (SSSR count). The fourth-order valence-corrected chi connectivity index (χ4v) is 1.79. The zero-order chi connectivity index (χ0) is 10.1. The maximum absolute atomic E-state index is 6.10. The number of aromatic amines is 1. The molecule has 3 nitrogen and oxygen atoms in total. The number of hydrogen-bond donors (Lipinski definition) is 2. The van der Waals surface area contributed by atoms with E-state index in [2.05, 4.69) is 17.1 Å². The Bertz CT molecular complexity index is 450. The van der Waals surface area contributed by atoms with E-state index in [0.29, 0.717) is 6.54 Å². The highest BCUT2D eigenvalue weighted by molar-refractivity contribution is 6.35. The third-order valence-electron chi connectivity index (χ3n) is 2.40. The number of benzene rings is 1. The molecular formula is C10H12ClN3. The number of H-pyrrole nitrogens is 1. The predicted molar refractivity (Wildman–Crippen MR) is 58.6 cm³/mol. The van der Waals surface area contributed by atoms with E-state index in [0.717, 1.165) is 21.6 Å². The monoisotopic (exact) mass is 209 g/mol. The molecule has 3 N–H and O–H groups in total. The van der Waals surface area contributed by atoms with E-state index >= 15 is 0 Å². The van der Waals surface area contributed by atoms with Crippen molar-refractivity contribution in [1.82, 2.24) is 10.2 Å². The number of hydrogen-bond acceptors (Lipinski definition) is 2. The molecule has 1 aromatic carbocycles. The molecule has 1 heterocycles. The largest absolute Gasteiger partial charge is 0.330 e. The molecule has 14 heavy (non-hydrogen) atoms. The van der Waals surface area contributed by atoms with Crippen LogP contribution in [-0.4, -0.2) is 16.7 Å². The Morgan fingerprint density at radius 3 is 3.07 bits per heavy atom. The minimum absolute atomic E-state index is 0.250. The van der Waals surface area contributed by atoms with Gasteiger partial charge >= 0.3 is 0 Å². The Morgan fingerprint density at radius 2 is 2.36 bits per heavy atom. The van der Waals surface area contributed by atoms with Crippen molar-refractivity contribution in [1.29, 1.82) is 0 Å². The molecule has 0 amide bonds. The van der Waals surface area contributed by atoms with Gasteiger partial charge in [0.05, 0.1) is 10.5 Å². The topological polar surface area (TPSA) is 54.7 Å². The van der Waals surface area contributed by atoms with Crippen molar-refractivity contribution in [3.05, 3.63) is 28.9 Å². The average Bonchev–Trinajstić information content (AvgIpc) is 2.62. The molecule has 74 valence electrons. The number of halogens is 1. The molecule has 1 atom stereocenters. The molecule has 0 fully saturated rings. The Labute approximate surface area is 87.2 Å². The first-order valence-corrected chi connectivity index (χ1v) is 4.94. The average molecular weight is 210 g/mol. The van der Waals surface area contributed by atoms with Crippen molar-refractivity contribution in [2.24, 2.45) is 5.73 Å². The van der Waals surface area contributed by atoms with Gasteiger partial charge in [-0.2, -0.15) is 5.10 Å². The van der Waals surface area contributed by atoms with Gasteiger partial charge in [-0.3, -0.25) is 5.10 Å². The van der Waals surface area contributed by atoms with Gasteiger partial charge in [-0.05, 0) is 12.1 Å². The van der Waals surface area contributed by atoms with Crippen LogP contribution in [0.3, 0.4) is 0 Å². The van der Waals surface area contributed by atoms with Crippen LogP contribution in [0, 0.1) is 0 Å². The van der Waals surface area contributed by atoms with E-state index in [4.69, 9.17) is 17.3 Å². The Balaban J connectivity index is 2.67. The van der Waals surface area contributed by atoms with Crippen LogP contribution in [0.5, 0.6) is 0 Å². The first kappa shape index (κ1) is 9.49. The van der Waals surface area contributed by atoms with Gasteiger partial charge in [0.25, 0.3) is 0 Å². The van der Waals surface area contributed by atoms with Crippen LogP contribution in [0.25, 0.3) is 10.9 Å². The van der Waals surface area contributed by atoms with Crippen molar-refractivity contribution in [2.45, 2.75) is 12.8 Å². The molecule has 0 saturated heterocycles. The molecule has 0 spiro atoms. The Morgan fingerprint density at radius 1 is 1.57 bits per heavy atom. The smallest absolute Gasteiger partial charge is 0.0938 e. The zero-order valence-corrected chi connectivity index (χ0v) is 8.67. The minimum atomic E-state index is 0.250. The fourth-order valence-electron chi connectivity index (χ4n) is 1.52. The number of nitrogens with two attached hydrogens (primary N) is 1. The van der Waals surface area contributed by atoms with Gasteiger partial charge in [0.15, 0.2) is 0 Å². The maximum atomic E-state index is 6.10. The molecule has 0 aliphatic carbocycles. The second kappa shape index (κ2) is 3.59. The maximum Gasteiger partial charge on any atom is 0.0938 e. The van der Waals surface area contributed by atoms with Crippen LogP contribution < -0.4 is 5.73 Å². The van der Waals surface area contributed by atoms with Crippen molar-refractivity contribution in [3.63, 3.8) is 0 Å². The molecule has 0 aliphatic rings. The predicted octanol–water partition coefficient (Wildman–Crippen LogP) is 2.28. The summed E-state index contributed by atoms with van der Waals surface area (Å²) in [4.78, 5) is 0. The molecule has 1 unspecified atom stereocenters. The van der Waals surface area contributed by atoms with Crippen LogP contribution in [-0.2, 0) is 0 Å². The standard InChI is InChI=1S/C10H12ClN3/c1-6(5-12)10-9-7(11)3-2-4-8(9)13-14-10/h2-4,6H,5,12H2,1H3,(H,13,14). The van der Waals surface area contributed by atoms with Crippen molar-refractivity contribution in [2.75, 3.05) is 6.54 Å². The Kier molecular flexibility index (Phi) is 2.44. The summed E-state index contributed by atoms with van der Waals surface area (Å²) >= 11 is 6.10. The number of rotatable bonds is 2. The van der Waals surface area contributed by atoms with Gasteiger partial charge in [-0.1, -0.05) is 24.6 Å². The number of fused-ring (bicyclic) bond motifs is 1. The van der Waals surface area contributed by atoms with Crippen LogP contribution >= 0.6 is 11.6 Å². The summed E-state index contributed by atoms with van der Waals surface area (Å²) in [6, 6.07) is 5.69. The SMILES string of the molecule is CC(CN)c1[nH]nc2cccc(Cl)c12. The zero-order valence-electron chi connectivity index (χ0n) is 7.92. The molecule has 0 aliphatic heterocycles. The van der Waals surface area contributed by atoms with Crippen molar-refractivity contribution in [3.8, 4) is 0 Å². The highest BCUT2D eigenvalue weighted by atomic mass is 35.5. The highest BCUT2D eigenvalue weighted by Crippen LogP contribution is 2.28. The van der Waals surface area contributed by atoms with Crippen LogP contribution in [0.15, 0.2) is 18.2 Å². The third kappa shape index (κ3) is 1.38. The second-order valence-corrected chi connectivity index (χ2v) is 3.82. The normalized spacial score (nSPS) is 13.4. The van der Waals surface area contributed by atoms with E-state index < -0.39 is 0 Å².